The van der Waals surface area contributed by atoms with E-state index in [1.165, 1.54) is 19.2 Å². The normalized spacial score (nSPS) is 10.6. The van der Waals surface area contributed by atoms with E-state index in [-0.39, 0.29) is 11.6 Å². The molecule has 0 aliphatic heterocycles. The molecule has 0 saturated heterocycles. The second kappa shape index (κ2) is 6.96. The number of benzene rings is 2. The molecular weight excluding hydrogens is 356 g/mol. The van der Waals surface area contributed by atoms with Crippen molar-refractivity contribution in [2.75, 3.05) is 31.4 Å². The van der Waals surface area contributed by atoms with E-state index in [0.717, 1.165) is 17.0 Å². The highest BCUT2D eigenvalue weighted by molar-refractivity contribution is 7.22. The Hall–Kier alpha value is -3.20. The summed E-state index contributed by atoms with van der Waals surface area (Å²) in [4.78, 5) is 29.2. The highest BCUT2D eigenvalue weighted by Crippen LogP contribution is 2.36. The number of amides is 1. The average Bonchev–Trinajstić information content (AvgIpc) is 3.03. The number of anilines is 2. The van der Waals surface area contributed by atoms with Crippen LogP contribution in [0.4, 0.5) is 16.5 Å². The molecule has 26 heavy (non-hydrogen) atoms. The van der Waals surface area contributed by atoms with E-state index in [1.807, 2.05) is 31.1 Å². The molecule has 134 valence electrons. The number of fused-ring (bicyclic) bond motifs is 1. The first-order valence-corrected chi connectivity index (χ1v) is 8.42. The van der Waals surface area contributed by atoms with Gasteiger partial charge in [0.1, 0.15) is 5.52 Å². The SMILES string of the molecule is COc1cc([N+](=O)[O-])cc2sc(NC(=O)c3ccc(N(C)C)cc3)nc12. The first-order valence-electron chi connectivity index (χ1n) is 7.60. The number of non-ortho nitro benzene ring substituents is 1. The maximum atomic E-state index is 12.4. The Morgan fingerprint density at radius 2 is 1.96 bits per heavy atom. The van der Waals surface area contributed by atoms with Gasteiger partial charge < -0.3 is 9.64 Å². The molecule has 1 amide bonds. The van der Waals surface area contributed by atoms with Crippen LogP contribution in [0.15, 0.2) is 36.4 Å². The lowest BCUT2D eigenvalue weighted by atomic mass is 10.2. The Morgan fingerprint density at radius 3 is 2.54 bits per heavy atom. The van der Waals surface area contributed by atoms with E-state index in [9.17, 15) is 14.9 Å². The zero-order chi connectivity index (χ0) is 18.8. The van der Waals surface area contributed by atoms with Crippen LogP contribution in [0.1, 0.15) is 10.4 Å². The van der Waals surface area contributed by atoms with Gasteiger partial charge in [0.25, 0.3) is 11.6 Å². The summed E-state index contributed by atoms with van der Waals surface area (Å²) in [5.74, 6) is -0.0101. The summed E-state index contributed by atoms with van der Waals surface area (Å²) in [6, 6.07) is 9.87. The van der Waals surface area contributed by atoms with Crippen LogP contribution in [-0.2, 0) is 0 Å². The monoisotopic (exact) mass is 372 g/mol. The van der Waals surface area contributed by atoms with Gasteiger partial charge in [0.2, 0.25) is 0 Å². The highest BCUT2D eigenvalue weighted by Gasteiger charge is 2.17. The predicted molar refractivity (Wildman–Crippen MR) is 102 cm³/mol. The van der Waals surface area contributed by atoms with Gasteiger partial charge >= 0.3 is 0 Å². The van der Waals surface area contributed by atoms with Gasteiger partial charge in [0.15, 0.2) is 10.9 Å². The first-order chi connectivity index (χ1) is 12.4. The number of nitro benzene ring substituents is 1. The van der Waals surface area contributed by atoms with Crippen molar-refractivity contribution in [2.45, 2.75) is 0 Å². The van der Waals surface area contributed by atoms with Crippen molar-refractivity contribution in [3.63, 3.8) is 0 Å². The third-order valence-electron chi connectivity index (χ3n) is 3.74. The molecule has 1 N–H and O–H groups in total. The summed E-state index contributed by atoms with van der Waals surface area (Å²) < 4.78 is 5.74. The molecular formula is C17H16N4O4S. The average molecular weight is 372 g/mol. The van der Waals surface area contributed by atoms with Crippen molar-refractivity contribution in [3.8, 4) is 5.75 Å². The van der Waals surface area contributed by atoms with Crippen molar-refractivity contribution in [2.24, 2.45) is 0 Å². The third kappa shape index (κ3) is 3.42. The zero-order valence-electron chi connectivity index (χ0n) is 14.3. The molecule has 0 saturated carbocycles. The van der Waals surface area contributed by atoms with Gasteiger partial charge in [-0.15, -0.1) is 0 Å². The summed E-state index contributed by atoms with van der Waals surface area (Å²) in [5, 5.41) is 14.1. The van der Waals surface area contributed by atoms with Crippen LogP contribution in [0, 0.1) is 10.1 Å². The van der Waals surface area contributed by atoms with E-state index in [2.05, 4.69) is 10.3 Å². The van der Waals surface area contributed by atoms with E-state index >= 15 is 0 Å². The number of hydrogen-bond acceptors (Lipinski definition) is 7. The number of nitrogens with one attached hydrogen (secondary N) is 1. The molecule has 9 heteroatoms. The Bertz CT molecular complexity index is 982. The maximum Gasteiger partial charge on any atom is 0.274 e. The Morgan fingerprint density at radius 1 is 1.27 bits per heavy atom. The predicted octanol–water partition coefficient (Wildman–Crippen LogP) is 3.53. The Labute approximate surface area is 153 Å². The smallest absolute Gasteiger partial charge is 0.274 e. The lowest BCUT2D eigenvalue weighted by Crippen LogP contribution is -2.13. The molecule has 0 bridgehead atoms. The molecule has 2 aromatic carbocycles. The lowest BCUT2D eigenvalue weighted by molar-refractivity contribution is -0.384. The van der Waals surface area contributed by atoms with E-state index in [1.54, 1.807) is 12.1 Å². The molecule has 0 atom stereocenters. The van der Waals surface area contributed by atoms with Crippen molar-refractivity contribution in [3.05, 3.63) is 52.1 Å². The van der Waals surface area contributed by atoms with E-state index in [4.69, 9.17) is 4.74 Å². The van der Waals surface area contributed by atoms with Crippen LogP contribution >= 0.6 is 11.3 Å². The van der Waals surface area contributed by atoms with E-state index in [0.29, 0.717) is 26.7 Å². The fraction of sp³-hybridized carbons (Fsp3) is 0.176. The fourth-order valence-electron chi connectivity index (χ4n) is 2.38. The Kier molecular flexibility index (Phi) is 4.72. The number of carbonyl (C=O) groups excluding carboxylic acids is 1. The molecule has 0 aliphatic carbocycles. The summed E-state index contributed by atoms with van der Waals surface area (Å²) in [6.45, 7) is 0. The van der Waals surface area contributed by atoms with Crippen molar-refractivity contribution >= 4 is 44.0 Å². The zero-order valence-corrected chi connectivity index (χ0v) is 15.2. The van der Waals surface area contributed by atoms with Crippen LogP contribution in [0.25, 0.3) is 10.2 Å². The lowest BCUT2D eigenvalue weighted by Gasteiger charge is -2.12. The molecule has 0 fully saturated rings. The summed E-state index contributed by atoms with van der Waals surface area (Å²) >= 11 is 1.15. The number of aromatic nitrogens is 1. The minimum Gasteiger partial charge on any atom is -0.494 e. The van der Waals surface area contributed by atoms with Gasteiger partial charge in [0.05, 0.1) is 22.8 Å². The summed E-state index contributed by atoms with van der Waals surface area (Å²) in [7, 11) is 5.26. The van der Waals surface area contributed by atoms with Crippen molar-refractivity contribution < 1.29 is 14.5 Å². The molecule has 0 aliphatic rings. The van der Waals surface area contributed by atoms with E-state index < -0.39 is 4.92 Å². The van der Waals surface area contributed by atoms with Crippen molar-refractivity contribution in [1.82, 2.24) is 4.98 Å². The van der Waals surface area contributed by atoms with Gasteiger partial charge in [-0.1, -0.05) is 11.3 Å². The second-order valence-corrected chi connectivity index (χ2v) is 6.70. The maximum absolute atomic E-state index is 12.4. The summed E-state index contributed by atoms with van der Waals surface area (Å²) in [5.41, 5.74) is 1.86. The molecule has 1 aromatic heterocycles. The molecule has 0 spiro atoms. The second-order valence-electron chi connectivity index (χ2n) is 5.67. The van der Waals surface area contributed by atoms with Gasteiger partial charge in [-0.3, -0.25) is 20.2 Å². The molecule has 0 radical (unpaired) electrons. The van der Waals surface area contributed by atoms with Crippen LogP contribution in [0.5, 0.6) is 5.75 Å². The van der Waals surface area contributed by atoms with Crippen LogP contribution in [0.3, 0.4) is 0 Å². The molecule has 0 unspecified atom stereocenters. The molecule has 1 heterocycles. The largest absolute Gasteiger partial charge is 0.494 e. The number of nitrogens with zero attached hydrogens (tertiary/aromatic N) is 3. The summed E-state index contributed by atoms with van der Waals surface area (Å²) in [6.07, 6.45) is 0. The van der Waals surface area contributed by atoms with Crippen LogP contribution in [0.2, 0.25) is 0 Å². The quantitative estimate of drug-likeness (QED) is 0.543. The number of hydrogen-bond donors (Lipinski definition) is 1. The van der Waals surface area contributed by atoms with Crippen LogP contribution in [-0.4, -0.2) is 37.0 Å². The third-order valence-corrected chi connectivity index (χ3v) is 4.66. The number of thiazole rings is 1. The number of ether oxygens (including phenoxy) is 1. The minimum absolute atomic E-state index is 0.0878. The number of rotatable bonds is 5. The van der Waals surface area contributed by atoms with Crippen LogP contribution < -0.4 is 15.0 Å². The number of carbonyl (C=O) groups is 1. The molecule has 3 rings (SSSR count). The van der Waals surface area contributed by atoms with Gasteiger partial charge in [0, 0.05) is 31.4 Å². The van der Waals surface area contributed by atoms with Gasteiger partial charge in [-0.05, 0) is 24.3 Å². The molecule has 3 aromatic rings. The fourth-order valence-corrected chi connectivity index (χ4v) is 3.29. The first kappa shape index (κ1) is 17.6. The molecule has 8 nitrogen and oxygen atoms in total. The van der Waals surface area contributed by atoms with Gasteiger partial charge in [-0.2, -0.15) is 0 Å². The van der Waals surface area contributed by atoms with Crippen molar-refractivity contribution in [1.29, 1.82) is 0 Å². The highest BCUT2D eigenvalue weighted by atomic mass is 32.1. The minimum atomic E-state index is -0.494. The number of nitro groups is 1. The Balaban J connectivity index is 1.88. The standard InChI is InChI=1S/C17H16N4O4S/c1-20(2)11-6-4-10(5-7-11)16(22)19-17-18-15-13(25-3)8-12(21(23)24)9-14(15)26-17/h4-9H,1-3H3,(H,18,19,22). The number of methoxy groups -OCH3 is 1. The topological polar surface area (TPSA) is 97.6 Å². The van der Waals surface area contributed by atoms with Gasteiger partial charge in [-0.25, -0.2) is 4.98 Å².